The lowest BCUT2D eigenvalue weighted by atomic mass is 9.86. The summed E-state index contributed by atoms with van der Waals surface area (Å²) in [5.41, 5.74) is 2.71. The molecule has 0 radical (unpaired) electrons. The van der Waals surface area contributed by atoms with E-state index in [0.717, 1.165) is 5.56 Å². The molecule has 1 unspecified atom stereocenters. The predicted molar refractivity (Wildman–Crippen MR) is 105 cm³/mol. The number of nitrogens with one attached hydrogen (secondary N) is 2. The number of carbonyl (C=O) groups excluding carboxylic acids is 1. The van der Waals surface area contributed by atoms with Crippen molar-refractivity contribution in [2.75, 3.05) is 5.32 Å². The first-order valence-electron chi connectivity index (χ1n) is 8.49. The molecule has 0 spiro atoms. The molecule has 1 atom stereocenters. The molecule has 1 amide bonds. The van der Waals surface area contributed by atoms with Gasteiger partial charge < -0.3 is 5.32 Å². The maximum Gasteiger partial charge on any atom is 0.241 e. The number of hydrogen-bond acceptors (Lipinski definition) is 3. The largest absolute Gasteiger partial charge is 0.326 e. The molecule has 6 heteroatoms. The molecule has 2 aromatic rings. The quantitative estimate of drug-likeness (QED) is 0.831. The molecule has 0 heterocycles. The van der Waals surface area contributed by atoms with Crippen LogP contribution in [0.5, 0.6) is 0 Å². The van der Waals surface area contributed by atoms with Crippen LogP contribution in [0.3, 0.4) is 0 Å². The number of carbonyl (C=O) groups is 1. The lowest BCUT2D eigenvalue weighted by Crippen LogP contribution is -2.27. The van der Waals surface area contributed by atoms with Crippen molar-refractivity contribution in [2.24, 2.45) is 0 Å². The first-order chi connectivity index (χ1) is 12.0. The summed E-state index contributed by atoms with van der Waals surface area (Å²) in [5, 5.41) is 2.61. The van der Waals surface area contributed by atoms with E-state index >= 15 is 0 Å². The first-order valence-corrected chi connectivity index (χ1v) is 9.98. The normalized spacial score (nSPS) is 13.3. The standard InChI is InChI=1S/C20H26N2O3S/c1-14(16-6-8-17(9-7-16)20(3,4)5)22-26(24,25)19-12-10-18(11-13-19)21-15(2)23/h6-14,22H,1-5H3,(H,21,23). The van der Waals surface area contributed by atoms with Gasteiger partial charge in [-0.15, -0.1) is 0 Å². The number of amides is 1. The van der Waals surface area contributed by atoms with Gasteiger partial charge >= 0.3 is 0 Å². The zero-order valence-corrected chi connectivity index (χ0v) is 16.6. The summed E-state index contributed by atoms with van der Waals surface area (Å²) in [5.74, 6) is -0.203. The number of sulfonamides is 1. The lowest BCUT2D eigenvalue weighted by Gasteiger charge is -2.20. The van der Waals surface area contributed by atoms with Crippen molar-refractivity contribution in [3.05, 3.63) is 59.7 Å². The Morgan fingerprint density at radius 1 is 0.962 bits per heavy atom. The van der Waals surface area contributed by atoms with E-state index in [4.69, 9.17) is 0 Å². The summed E-state index contributed by atoms with van der Waals surface area (Å²) < 4.78 is 27.8. The summed E-state index contributed by atoms with van der Waals surface area (Å²) in [6.07, 6.45) is 0. The van der Waals surface area contributed by atoms with Crippen LogP contribution in [0.15, 0.2) is 53.4 Å². The molecule has 26 heavy (non-hydrogen) atoms. The summed E-state index contributed by atoms with van der Waals surface area (Å²) >= 11 is 0. The average Bonchev–Trinajstić information content (AvgIpc) is 2.53. The van der Waals surface area contributed by atoms with E-state index in [2.05, 4.69) is 30.8 Å². The fraction of sp³-hybridized carbons (Fsp3) is 0.350. The van der Waals surface area contributed by atoms with Gasteiger partial charge in [-0.25, -0.2) is 13.1 Å². The van der Waals surface area contributed by atoms with Crippen molar-refractivity contribution in [1.29, 1.82) is 0 Å². The number of rotatable bonds is 5. The van der Waals surface area contributed by atoms with Gasteiger partial charge in [0, 0.05) is 18.7 Å². The summed E-state index contributed by atoms with van der Waals surface area (Å²) in [6.45, 7) is 9.63. The molecule has 5 nitrogen and oxygen atoms in total. The predicted octanol–water partition coefficient (Wildman–Crippen LogP) is 3.98. The number of hydrogen-bond donors (Lipinski definition) is 2. The maximum absolute atomic E-state index is 12.6. The SMILES string of the molecule is CC(=O)Nc1ccc(S(=O)(=O)NC(C)c2ccc(C(C)(C)C)cc2)cc1. The Labute approximate surface area is 155 Å². The molecule has 140 valence electrons. The van der Waals surface area contributed by atoms with Crippen molar-refractivity contribution in [3.8, 4) is 0 Å². The van der Waals surface area contributed by atoms with Crippen molar-refractivity contribution in [1.82, 2.24) is 4.72 Å². The van der Waals surface area contributed by atoms with Gasteiger partial charge in [0.2, 0.25) is 15.9 Å². The molecule has 2 rings (SSSR count). The molecule has 0 fully saturated rings. The molecule has 2 aromatic carbocycles. The summed E-state index contributed by atoms with van der Waals surface area (Å²) in [4.78, 5) is 11.2. The van der Waals surface area contributed by atoms with Gasteiger partial charge in [0.1, 0.15) is 0 Å². The second-order valence-electron chi connectivity index (χ2n) is 7.42. The van der Waals surface area contributed by atoms with Gasteiger partial charge in [0.15, 0.2) is 0 Å². The van der Waals surface area contributed by atoms with Crippen molar-refractivity contribution < 1.29 is 13.2 Å². The van der Waals surface area contributed by atoms with E-state index in [1.807, 2.05) is 31.2 Å². The van der Waals surface area contributed by atoms with Gasteiger partial charge in [0.25, 0.3) is 0 Å². The van der Waals surface area contributed by atoms with Crippen LogP contribution in [0.4, 0.5) is 5.69 Å². The second-order valence-corrected chi connectivity index (χ2v) is 9.13. The minimum absolute atomic E-state index is 0.0525. The highest BCUT2D eigenvalue weighted by molar-refractivity contribution is 7.89. The molecular formula is C20H26N2O3S. The molecular weight excluding hydrogens is 348 g/mol. The molecule has 2 N–H and O–H groups in total. The van der Waals surface area contributed by atoms with Crippen molar-refractivity contribution >= 4 is 21.6 Å². The Morgan fingerprint density at radius 2 is 1.50 bits per heavy atom. The highest BCUT2D eigenvalue weighted by atomic mass is 32.2. The monoisotopic (exact) mass is 374 g/mol. The molecule has 0 aliphatic carbocycles. The number of anilines is 1. The third-order valence-corrected chi connectivity index (χ3v) is 5.65. The first kappa shape index (κ1) is 20.1. The Balaban J connectivity index is 2.14. The van der Waals surface area contributed by atoms with Gasteiger partial charge in [-0.1, -0.05) is 45.0 Å². The fourth-order valence-corrected chi connectivity index (χ4v) is 3.79. The average molecular weight is 375 g/mol. The van der Waals surface area contributed by atoms with Crippen LogP contribution >= 0.6 is 0 Å². The van der Waals surface area contributed by atoms with Gasteiger partial charge in [-0.3, -0.25) is 4.79 Å². The van der Waals surface area contributed by atoms with Crippen molar-refractivity contribution in [3.63, 3.8) is 0 Å². The van der Waals surface area contributed by atoms with E-state index in [9.17, 15) is 13.2 Å². The van der Waals surface area contributed by atoms with E-state index < -0.39 is 10.0 Å². The molecule has 0 bridgehead atoms. The van der Waals surface area contributed by atoms with E-state index in [0.29, 0.717) is 5.69 Å². The van der Waals surface area contributed by atoms with Gasteiger partial charge in [-0.2, -0.15) is 0 Å². The fourth-order valence-electron chi connectivity index (χ4n) is 2.56. The topological polar surface area (TPSA) is 75.3 Å². The van der Waals surface area contributed by atoms with Gasteiger partial charge in [-0.05, 0) is 47.7 Å². The van der Waals surface area contributed by atoms with Crippen LogP contribution < -0.4 is 10.0 Å². The molecule has 0 saturated carbocycles. The minimum Gasteiger partial charge on any atom is -0.326 e. The summed E-state index contributed by atoms with van der Waals surface area (Å²) in [7, 11) is -3.65. The van der Waals surface area contributed by atoms with Crippen LogP contribution in [-0.2, 0) is 20.2 Å². The minimum atomic E-state index is -3.65. The van der Waals surface area contributed by atoms with E-state index in [-0.39, 0.29) is 22.3 Å². The highest BCUT2D eigenvalue weighted by Crippen LogP contribution is 2.24. The Bertz CT molecular complexity index is 865. The second kappa shape index (κ2) is 7.60. The van der Waals surface area contributed by atoms with Crippen LogP contribution in [0.25, 0.3) is 0 Å². The van der Waals surface area contributed by atoms with E-state index in [1.54, 1.807) is 12.1 Å². The van der Waals surface area contributed by atoms with Crippen molar-refractivity contribution in [2.45, 2.75) is 51.0 Å². The molecule has 0 aliphatic rings. The third-order valence-electron chi connectivity index (χ3n) is 4.09. The lowest BCUT2D eigenvalue weighted by molar-refractivity contribution is -0.114. The van der Waals surface area contributed by atoms with Crippen LogP contribution in [0.1, 0.15) is 51.8 Å². The highest BCUT2D eigenvalue weighted by Gasteiger charge is 2.19. The Hall–Kier alpha value is -2.18. The maximum atomic E-state index is 12.6. The van der Waals surface area contributed by atoms with E-state index in [1.165, 1.54) is 24.6 Å². The molecule has 0 aliphatic heterocycles. The zero-order valence-electron chi connectivity index (χ0n) is 15.8. The number of benzene rings is 2. The third kappa shape index (κ3) is 5.16. The van der Waals surface area contributed by atoms with Crippen LogP contribution in [-0.4, -0.2) is 14.3 Å². The Morgan fingerprint density at radius 3 is 1.96 bits per heavy atom. The van der Waals surface area contributed by atoms with Crippen LogP contribution in [0, 0.1) is 0 Å². The summed E-state index contributed by atoms with van der Waals surface area (Å²) in [6, 6.07) is 13.7. The molecule has 0 aromatic heterocycles. The Kier molecular flexibility index (Phi) is 5.88. The van der Waals surface area contributed by atoms with Gasteiger partial charge in [0.05, 0.1) is 4.90 Å². The molecule has 0 saturated heterocycles. The smallest absolute Gasteiger partial charge is 0.241 e. The zero-order chi connectivity index (χ0) is 19.5. The van der Waals surface area contributed by atoms with Crippen LogP contribution in [0.2, 0.25) is 0 Å².